The van der Waals surface area contributed by atoms with Gasteiger partial charge >= 0.3 is 0 Å². The van der Waals surface area contributed by atoms with Crippen LogP contribution in [0.15, 0.2) is 18.2 Å². The molecule has 2 aliphatic heterocycles. The second-order valence-electron chi connectivity index (χ2n) is 7.27. The highest BCUT2D eigenvalue weighted by Gasteiger charge is 2.25. The Kier molecular flexibility index (Phi) is 12.3. The lowest BCUT2D eigenvalue weighted by molar-refractivity contribution is -0.126. The molecular weight excluding hydrogens is 426 g/mol. The third-order valence-electron chi connectivity index (χ3n) is 5.33. The molecule has 2 aliphatic rings. The van der Waals surface area contributed by atoms with Crippen molar-refractivity contribution in [3.05, 3.63) is 29.6 Å². The first-order valence-electron chi connectivity index (χ1n) is 9.28. The molecule has 1 aromatic rings. The molecule has 2 saturated heterocycles. The number of anilines is 1. The average Bonchev–Trinajstić information content (AvgIpc) is 2.63. The van der Waals surface area contributed by atoms with Crippen LogP contribution >= 0.6 is 37.2 Å². The first-order valence-corrected chi connectivity index (χ1v) is 9.28. The molecule has 0 radical (unpaired) electrons. The highest BCUT2D eigenvalue weighted by atomic mass is 35.5. The number of rotatable bonds is 4. The van der Waals surface area contributed by atoms with Crippen molar-refractivity contribution in [2.24, 2.45) is 5.92 Å². The van der Waals surface area contributed by atoms with Gasteiger partial charge in [-0.3, -0.25) is 4.79 Å². The standard InChI is InChI=1S/C19H29FN4O.3ClH/c1-14(22-19(25)15-4-3-7-21-13-15)17-12-16(20)5-6-18(17)24-10-8-23(2)9-11-24;;;/h5-6,12,14-15,21H,3-4,7-11,13H2,1-2H3,(H,22,25);3*1H. The van der Waals surface area contributed by atoms with E-state index in [2.05, 4.69) is 27.5 Å². The van der Waals surface area contributed by atoms with E-state index in [4.69, 9.17) is 0 Å². The average molecular weight is 458 g/mol. The van der Waals surface area contributed by atoms with E-state index in [1.54, 1.807) is 6.07 Å². The Balaban J connectivity index is 0.00000243. The number of amides is 1. The summed E-state index contributed by atoms with van der Waals surface area (Å²) >= 11 is 0. The minimum Gasteiger partial charge on any atom is -0.369 e. The first kappa shape index (κ1) is 27.2. The van der Waals surface area contributed by atoms with Crippen LogP contribution in [0.3, 0.4) is 0 Å². The fourth-order valence-corrected chi connectivity index (χ4v) is 3.69. The van der Waals surface area contributed by atoms with Crippen molar-refractivity contribution in [2.45, 2.75) is 25.8 Å². The summed E-state index contributed by atoms with van der Waals surface area (Å²) < 4.78 is 13.9. The van der Waals surface area contributed by atoms with Crippen molar-refractivity contribution < 1.29 is 9.18 Å². The second kappa shape index (κ2) is 12.7. The Labute approximate surface area is 186 Å². The van der Waals surface area contributed by atoms with Crippen LogP contribution in [0.25, 0.3) is 0 Å². The molecule has 162 valence electrons. The third-order valence-corrected chi connectivity index (χ3v) is 5.33. The van der Waals surface area contributed by atoms with E-state index in [1.165, 1.54) is 6.07 Å². The van der Waals surface area contributed by atoms with Crippen molar-refractivity contribution in [3.8, 4) is 0 Å². The molecule has 0 spiro atoms. The van der Waals surface area contributed by atoms with Gasteiger partial charge in [-0.25, -0.2) is 4.39 Å². The summed E-state index contributed by atoms with van der Waals surface area (Å²) in [5.41, 5.74) is 1.89. The first-order chi connectivity index (χ1) is 12.0. The van der Waals surface area contributed by atoms with Crippen LogP contribution in [-0.2, 0) is 4.79 Å². The smallest absolute Gasteiger partial charge is 0.224 e. The molecule has 2 N–H and O–H groups in total. The molecule has 0 saturated carbocycles. The van der Waals surface area contributed by atoms with Gasteiger partial charge < -0.3 is 20.4 Å². The predicted molar refractivity (Wildman–Crippen MR) is 120 cm³/mol. The molecule has 2 fully saturated rings. The fourth-order valence-electron chi connectivity index (χ4n) is 3.69. The largest absolute Gasteiger partial charge is 0.369 e. The number of nitrogens with one attached hydrogen (secondary N) is 2. The van der Waals surface area contributed by atoms with Crippen LogP contribution in [0.1, 0.15) is 31.4 Å². The van der Waals surface area contributed by atoms with Crippen LogP contribution in [0.5, 0.6) is 0 Å². The van der Waals surface area contributed by atoms with Gasteiger partial charge in [-0.1, -0.05) is 0 Å². The van der Waals surface area contributed by atoms with Crippen LogP contribution < -0.4 is 15.5 Å². The van der Waals surface area contributed by atoms with E-state index < -0.39 is 0 Å². The highest BCUT2D eigenvalue weighted by Crippen LogP contribution is 2.28. The molecule has 1 amide bonds. The van der Waals surface area contributed by atoms with E-state index in [-0.39, 0.29) is 60.9 Å². The lowest BCUT2D eigenvalue weighted by Crippen LogP contribution is -2.45. The Bertz CT molecular complexity index is 609. The van der Waals surface area contributed by atoms with Crippen molar-refractivity contribution in [3.63, 3.8) is 0 Å². The molecule has 3 rings (SSSR count). The van der Waals surface area contributed by atoms with Gasteiger partial charge in [0.05, 0.1) is 12.0 Å². The van der Waals surface area contributed by atoms with E-state index in [9.17, 15) is 9.18 Å². The summed E-state index contributed by atoms with van der Waals surface area (Å²) in [4.78, 5) is 17.1. The lowest BCUT2D eigenvalue weighted by atomic mass is 9.97. The molecule has 0 aromatic heterocycles. The van der Waals surface area contributed by atoms with E-state index in [0.717, 1.165) is 63.4 Å². The summed E-state index contributed by atoms with van der Waals surface area (Å²) in [5.74, 6) is -0.182. The quantitative estimate of drug-likeness (QED) is 0.730. The summed E-state index contributed by atoms with van der Waals surface area (Å²) in [7, 11) is 2.12. The fraction of sp³-hybridized carbons (Fsp3) is 0.632. The third kappa shape index (κ3) is 6.92. The number of hydrogen-bond donors (Lipinski definition) is 2. The van der Waals surface area contributed by atoms with Gasteiger partial charge in [-0.15, -0.1) is 37.2 Å². The van der Waals surface area contributed by atoms with Crippen LogP contribution in [0.4, 0.5) is 10.1 Å². The maximum atomic E-state index is 13.9. The van der Waals surface area contributed by atoms with Crippen molar-refractivity contribution in [1.82, 2.24) is 15.5 Å². The Hall–Kier alpha value is -0.790. The summed E-state index contributed by atoms with van der Waals surface area (Å²) in [6, 6.07) is 4.72. The number of halogens is 4. The van der Waals surface area contributed by atoms with Gasteiger partial charge in [0.15, 0.2) is 0 Å². The number of nitrogens with zero attached hydrogens (tertiary/aromatic N) is 2. The number of carbonyl (C=O) groups is 1. The second-order valence-corrected chi connectivity index (χ2v) is 7.27. The number of piperidine rings is 1. The zero-order chi connectivity index (χ0) is 17.8. The number of hydrogen-bond acceptors (Lipinski definition) is 4. The Morgan fingerprint density at radius 3 is 2.50 bits per heavy atom. The summed E-state index contributed by atoms with van der Waals surface area (Å²) in [6.45, 7) is 7.48. The van der Waals surface area contributed by atoms with E-state index >= 15 is 0 Å². The topological polar surface area (TPSA) is 47.6 Å². The van der Waals surface area contributed by atoms with Crippen LogP contribution in [-0.4, -0.2) is 57.1 Å². The maximum Gasteiger partial charge on any atom is 0.224 e. The molecule has 2 unspecified atom stereocenters. The van der Waals surface area contributed by atoms with Crippen molar-refractivity contribution in [1.29, 1.82) is 0 Å². The normalized spacial score (nSPS) is 20.8. The lowest BCUT2D eigenvalue weighted by Gasteiger charge is -2.36. The molecule has 0 aliphatic carbocycles. The minimum absolute atomic E-state index is 0. The zero-order valence-corrected chi connectivity index (χ0v) is 18.9. The number of likely N-dealkylation sites (N-methyl/N-ethyl adjacent to an activating group) is 1. The van der Waals surface area contributed by atoms with Crippen LogP contribution in [0.2, 0.25) is 0 Å². The molecule has 9 heteroatoms. The SMILES string of the molecule is CC(NC(=O)C1CCCNC1)c1cc(F)ccc1N1CCN(C)CC1.Cl.Cl.Cl. The molecule has 5 nitrogen and oxygen atoms in total. The maximum absolute atomic E-state index is 13.9. The number of piperazine rings is 1. The van der Waals surface area contributed by atoms with E-state index in [1.807, 2.05) is 13.0 Å². The van der Waals surface area contributed by atoms with Gasteiger partial charge in [-0.05, 0) is 51.6 Å². The summed E-state index contributed by atoms with van der Waals surface area (Å²) in [5, 5.41) is 6.37. The predicted octanol–water partition coefficient (Wildman–Crippen LogP) is 3.02. The van der Waals surface area contributed by atoms with Gasteiger partial charge in [-0.2, -0.15) is 0 Å². The van der Waals surface area contributed by atoms with Gasteiger partial charge in [0.25, 0.3) is 0 Å². The monoisotopic (exact) mass is 456 g/mol. The number of carbonyl (C=O) groups excluding carboxylic acids is 1. The van der Waals surface area contributed by atoms with Gasteiger partial charge in [0.1, 0.15) is 5.82 Å². The van der Waals surface area contributed by atoms with Crippen molar-refractivity contribution >= 4 is 48.8 Å². The molecule has 0 bridgehead atoms. The molecule has 2 atom stereocenters. The highest BCUT2D eigenvalue weighted by molar-refractivity contribution is 5.86. The Morgan fingerprint density at radius 2 is 1.89 bits per heavy atom. The molecular formula is C19H32Cl3FN4O. The van der Waals surface area contributed by atoms with Gasteiger partial charge in [0.2, 0.25) is 5.91 Å². The minimum atomic E-state index is -0.256. The summed E-state index contributed by atoms with van der Waals surface area (Å²) in [6.07, 6.45) is 1.94. The van der Waals surface area contributed by atoms with Crippen molar-refractivity contribution in [2.75, 3.05) is 51.2 Å². The Morgan fingerprint density at radius 1 is 1.21 bits per heavy atom. The number of benzene rings is 1. The van der Waals surface area contributed by atoms with E-state index in [0.29, 0.717) is 0 Å². The molecule has 28 heavy (non-hydrogen) atoms. The zero-order valence-electron chi connectivity index (χ0n) is 16.4. The molecule has 2 heterocycles. The van der Waals surface area contributed by atoms with Crippen LogP contribution in [0, 0.1) is 11.7 Å². The van der Waals surface area contributed by atoms with Gasteiger partial charge in [0, 0.05) is 44.0 Å². The molecule has 1 aromatic carbocycles.